The third-order valence-corrected chi connectivity index (χ3v) is 3.68. The lowest BCUT2D eigenvalue weighted by Gasteiger charge is -2.00. The minimum absolute atomic E-state index is 0.104. The smallest absolute Gasteiger partial charge is 0.371 e. The summed E-state index contributed by atoms with van der Waals surface area (Å²) < 4.78 is 27.9. The van der Waals surface area contributed by atoms with E-state index in [1.54, 1.807) is 0 Å². The standard InChI is InChI=1S/C10H14O5S/c1-2-3-6-16(13,14)7-8-4-5-9(15-8)10(11)12/h4-5H,2-3,6-7H2,1H3,(H,11,12). The Morgan fingerprint density at radius 1 is 1.44 bits per heavy atom. The summed E-state index contributed by atoms with van der Waals surface area (Å²) in [6, 6.07) is 2.64. The summed E-state index contributed by atoms with van der Waals surface area (Å²) in [6.07, 6.45) is 1.41. The van der Waals surface area contributed by atoms with Crippen molar-refractivity contribution in [2.45, 2.75) is 25.5 Å². The Kier molecular flexibility index (Phi) is 4.12. The van der Waals surface area contributed by atoms with Crippen molar-refractivity contribution >= 4 is 15.8 Å². The number of carboxylic acid groups (broad SMARTS) is 1. The van der Waals surface area contributed by atoms with Gasteiger partial charge in [-0.3, -0.25) is 0 Å². The second kappa shape index (κ2) is 5.16. The van der Waals surface area contributed by atoms with Gasteiger partial charge in [0.05, 0.1) is 5.75 Å². The van der Waals surface area contributed by atoms with E-state index >= 15 is 0 Å². The number of hydrogen-bond donors (Lipinski definition) is 1. The molecule has 6 heteroatoms. The summed E-state index contributed by atoms with van der Waals surface area (Å²) in [6.45, 7) is 1.91. The molecule has 0 radical (unpaired) electrons. The molecule has 0 fully saturated rings. The first kappa shape index (κ1) is 12.8. The van der Waals surface area contributed by atoms with Crippen molar-refractivity contribution in [3.8, 4) is 0 Å². The molecule has 1 heterocycles. The van der Waals surface area contributed by atoms with Gasteiger partial charge in [-0.2, -0.15) is 0 Å². The average Bonchev–Trinajstić information content (AvgIpc) is 2.62. The van der Waals surface area contributed by atoms with Gasteiger partial charge in [0.25, 0.3) is 0 Å². The number of unbranched alkanes of at least 4 members (excludes halogenated alkanes) is 1. The highest BCUT2D eigenvalue weighted by molar-refractivity contribution is 7.90. The zero-order valence-corrected chi connectivity index (χ0v) is 9.79. The third kappa shape index (κ3) is 3.69. The molecule has 1 aromatic heterocycles. The van der Waals surface area contributed by atoms with E-state index in [0.29, 0.717) is 6.42 Å². The lowest BCUT2D eigenvalue weighted by molar-refractivity contribution is 0.0660. The lowest BCUT2D eigenvalue weighted by Crippen LogP contribution is -2.08. The molecule has 0 aliphatic rings. The van der Waals surface area contributed by atoms with Crippen LogP contribution in [0, 0.1) is 0 Å². The van der Waals surface area contributed by atoms with E-state index < -0.39 is 15.8 Å². The Morgan fingerprint density at radius 2 is 2.12 bits per heavy atom. The molecule has 0 saturated carbocycles. The maximum absolute atomic E-state index is 11.5. The van der Waals surface area contributed by atoms with Crippen molar-refractivity contribution < 1.29 is 22.7 Å². The number of rotatable bonds is 6. The molecular weight excluding hydrogens is 232 g/mol. The fourth-order valence-corrected chi connectivity index (χ4v) is 2.69. The molecular formula is C10H14O5S. The minimum atomic E-state index is -3.20. The van der Waals surface area contributed by atoms with Crippen LogP contribution >= 0.6 is 0 Å². The summed E-state index contributed by atoms with van der Waals surface area (Å²) in [5, 5.41) is 8.59. The highest BCUT2D eigenvalue weighted by atomic mass is 32.2. The van der Waals surface area contributed by atoms with Gasteiger partial charge in [-0.25, -0.2) is 13.2 Å². The monoisotopic (exact) mass is 246 g/mol. The molecule has 0 amide bonds. The summed E-state index contributed by atoms with van der Waals surface area (Å²) in [5.41, 5.74) is 0. The van der Waals surface area contributed by atoms with E-state index in [4.69, 9.17) is 9.52 Å². The molecule has 0 saturated heterocycles. The number of carbonyl (C=O) groups is 1. The van der Waals surface area contributed by atoms with E-state index in [1.807, 2.05) is 6.92 Å². The van der Waals surface area contributed by atoms with Crippen LogP contribution in [0.25, 0.3) is 0 Å². The predicted molar refractivity (Wildman–Crippen MR) is 58.1 cm³/mol. The van der Waals surface area contributed by atoms with Gasteiger partial charge in [0.15, 0.2) is 9.84 Å². The van der Waals surface area contributed by atoms with Crippen molar-refractivity contribution in [1.82, 2.24) is 0 Å². The molecule has 0 spiro atoms. The van der Waals surface area contributed by atoms with Crippen molar-refractivity contribution in [3.63, 3.8) is 0 Å². The third-order valence-electron chi connectivity index (χ3n) is 2.04. The Bertz CT molecular complexity index is 457. The van der Waals surface area contributed by atoms with E-state index in [0.717, 1.165) is 6.42 Å². The highest BCUT2D eigenvalue weighted by Crippen LogP contribution is 2.12. The fraction of sp³-hybridized carbons (Fsp3) is 0.500. The van der Waals surface area contributed by atoms with Gasteiger partial charge in [-0.05, 0) is 18.6 Å². The number of aromatic carboxylic acids is 1. The lowest BCUT2D eigenvalue weighted by atomic mass is 10.4. The summed E-state index contributed by atoms with van der Waals surface area (Å²) in [7, 11) is -3.20. The van der Waals surface area contributed by atoms with Gasteiger partial charge in [-0.15, -0.1) is 0 Å². The van der Waals surface area contributed by atoms with Crippen LogP contribution in [-0.4, -0.2) is 25.2 Å². The quantitative estimate of drug-likeness (QED) is 0.825. The molecule has 1 rings (SSSR count). The van der Waals surface area contributed by atoms with Crippen LogP contribution in [0.2, 0.25) is 0 Å². The van der Waals surface area contributed by atoms with Crippen molar-refractivity contribution in [2.24, 2.45) is 0 Å². The number of hydrogen-bond acceptors (Lipinski definition) is 4. The minimum Gasteiger partial charge on any atom is -0.475 e. The van der Waals surface area contributed by atoms with E-state index in [-0.39, 0.29) is 23.0 Å². The van der Waals surface area contributed by atoms with Gasteiger partial charge in [0, 0.05) is 0 Å². The van der Waals surface area contributed by atoms with Crippen LogP contribution in [0.5, 0.6) is 0 Å². The van der Waals surface area contributed by atoms with Crippen molar-refractivity contribution in [2.75, 3.05) is 5.75 Å². The maximum atomic E-state index is 11.5. The first-order valence-electron chi connectivity index (χ1n) is 4.97. The molecule has 5 nitrogen and oxygen atoms in total. The Balaban J connectivity index is 2.69. The SMILES string of the molecule is CCCCS(=O)(=O)Cc1ccc(C(=O)O)o1. The average molecular weight is 246 g/mol. The molecule has 0 unspecified atom stereocenters. The van der Waals surface area contributed by atoms with Gasteiger partial charge < -0.3 is 9.52 Å². The van der Waals surface area contributed by atoms with E-state index in [2.05, 4.69) is 0 Å². The Labute approximate surface area is 94.0 Å². The number of sulfone groups is 1. The van der Waals surface area contributed by atoms with Crippen LogP contribution in [0.3, 0.4) is 0 Å². The van der Waals surface area contributed by atoms with E-state index in [9.17, 15) is 13.2 Å². The van der Waals surface area contributed by atoms with Crippen LogP contribution in [-0.2, 0) is 15.6 Å². The second-order valence-corrected chi connectivity index (χ2v) is 5.70. The van der Waals surface area contributed by atoms with Crippen LogP contribution < -0.4 is 0 Å². The second-order valence-electron chi connectivity index (χ2n) is 3.52. The molecule has 0 atom stereocenters. The Hall–Kier alpha value is -1.30. The van der Waals surface area contributed by atoms with Crippen molar-refractivity contribution in [1.29, 1.82) is 0 Å². The molecule has 1 N–H and O–H groups in total. The van der Waals surface area contributed by atoms with Crippen LogP contribution in [0.1, 0.15) is 36.1 Å². The van der Waals surface area contributed by atoms with Gasteiger partial charge in [0.1, 0.15) is 11.5 Å². The normalized spacial score (nSPS) is 11.6. The molecule has 90 valence electrons. The molecule has 16 heavy (non-hydrogen) atoms. The maximum Gasteiger partial charge on any atom is 0.371 e. The van der Waals surface area contributed by atoms with Crippen LogP contribution in [0.4, 0.5) is 0 Å². The topological polar surface area (TPSA) is 84.6 Å². The zero-order chi connectivity index (χ0) is 12.2. The number of carboxylic acids is 1. The largest absolute Gasteiger partial charge is 0.475 e. The molecule has 0 aromatic carbocycles. The predicted octanol–water partition coefficient (Wildman–Crippen LogP) is 1.69. The van der Waals surface area contributed by atoms with Gasteiger partial charge in [0.2, 0.25) is 5.76 Å². The fourth-order valence-electron chi connectivity index (χ4n) is 1.22. The zero-order valence-electron chi connectivity index (χ0n) is 8.97. The molecule has 0 aliphatic carbocycles. The first-order valence-corrected chi connectivity index (χ1v) is 6.79. The molecule has 0 bridgehead atoms. The summed E-state index contributed by atoms with van der Waals surface area (Å²) in [4.78, 5) is 10.5. The summed E-state index contributed by atoms with van der Waals surface area (Å²) in [5.74, 6) is -1.39. The number of furan rings is 1. The summed E-state index contributed by atoms with van der Waals surface area (Å²) >= 11 is 0. The van der Waals surface area contributed by atoms with Gasteiger partial charge in [-0.1, -0.05) is 13.3 Å². The van der Waals surface area contributed by atoms with Gasteiger partial charge >= 0.3 is 5.97 Å². The van der Waals surface area contributed by atoms with Crippen LogP contribution in [0.15, 0.2) is 16.5 Å². The Morgan fingerprint density at radius 3 is 2.62 bits per heavy atom. The molecule has 0 aliphatic heterocycles. The molecule has 1 aromatic rings. The van der Waals surface area contributed by atoms with E-state index in [1.165, 1.54) is 12.1 Å². The first-order chi connectivity index (χ1) is 7.44. The highest BCUT2D eigenvalue weighted by Gasteiger charge is 2.16. The van der Waals surface area contributed by atoms with Crippen molar-refractivity contribution in [3.05, 3.63) is 23.7 Å².